The van der Waals surface area contributed by atoms with Crippen molar-refractivity contribution in [3.8, 4) is 0 Å². The molecule has 1 aromatic carbocycles. The highest BCUT2D eigenvalue weighted by Gasteiger charge is 2.20. The van der Waals surface area contributed by atoms with Crippen LogP contribution in [-0.4, -0.2) is 25.3 Å². The minimum absolute atomic E-state index is 0.0661. The lowest BCUT2D eigenvalue weighted by Crippen LogP contribution is -2.22. The zero-order chi connectivity index (χ0) is 18.1. The molecule has 0 spiro atoms. The second-order valence-electron chi connectivity index (χ2n) is 7.10. The van der Waals surface area contributed by atoms with Crippen LogP contribution in [0.25, 0.3) is 0 Å². The highest BCUT2D eigenvalue weighted by Crippen LogP contribution is 2.27. The van der Waals surface area contributed by atoms with Gasteiger partial charge in [-0.2, -0.15) is 0 Å². The highest BCUT2D eigenvalue weighted by atomic mass is 32.2. The quantitative estimate of drug-likeness (QED) is 0.880. The van der Waals surface area contributed by atoms with Crippen LogP contribution in [0.4, 0.5) is 0 Å². The van der Waals surface area contributed by atoms with Gasteiger partial charge in [-0.25, -0.2) is 18.5 Å². The molecule has 2 N–H and O–H groups in total. The number of aromatic nitrogens is 1. The molecule has 1 aromatic heterocycles. The molecule has 2 aromatic rings. The Morgan fingerprint density at radius 2 is 1.83 bits per heavy atom. The first-order valence-corrected chi connectivity index (χ1v) is 10.2. The van der Waals surface area contributed by atoms with Crippen molar-refractivity contribution in [2.45, 2.75) is 50.6 Å². The van der Waals surface area contributed by atoms with Crippen LogP contribution < -0.4 is 5.14 Å². The van der Waals surface area contributed by atoms with Crippen LogP contribution in [0.3, 0.4) is 0 Å². The smallest absolute Gasteiger partial charge is 0.238 e. The van der Waals surface area contributed by atoms with E-state index in [0.717, 1.165) is 22.8 Å². The van der Waals surface area contributed by atoms with E-state index in [-0.39, 0.29) is 16.4 Å². The van der Waals surface area contributed by atoms with E-state index in [1.165, 1.54) is 0 Å². The molecule has 24 heavy (non-hydrogen) atoms. The number of nitrogens with two attached hydrogens (primary N) is 1. The molecule has 0 bridgehead atoms. The predicted octanol–water partition coefficient (Wildman–Crippen LogP) is 3.28. The first-order valence-electron chi connectivity index (χ1n) is 7.76. The van der Waals surface area contributed by atoms with Gasteiger partial charge in [0.25, 0.3) is 0 Å². The predicted molar refractivity (Wildman–Crippen MR) is 98.5 cm³/mol. The molecule has 1 heterocycles. The van der Waals surface area contributed by atoms with Gasteiger partial charge >= 0.3 is 0 Å². The van der Waals surface area contributed by atoms with Crippen LogP contribution in [0.5, 0.6) is 0 Å². The molecule has 7 heteroatoms. The Hall–Kier alpha value is -1.28. The van der Waals surface area contributed by atoms with Crippen LogP contribution in [0, 0.1) is 0 Å². The summed E-state index contributed by atoms with van der Waals surface area (Å²) in [5.41, 5.74) is 2.16. The van der Waals surface area contributed by atoms with Crippen molar-refractivity contribution < 1.29 is 8.42 Å². The molecular formula is C17H25N3O2S2. The number of hydrogen-bond acceptors (Lipinski definition) is 5. The van der Waals surface area contributed by atoms with Crippen molar-refractivity contribution in [3.63, 3.8) is 0 Å². The lowest BCUT2D eigenvalue weighted by atomic mass is 9.98. The molecule has 1 atom stereocenters. The summed E-state index contributed by atoms with van der Waals surface area (Å²) in [5, 5.41) is 8.38. The molecule has 2 rings (SSSR count). The zero-order valence-corrected chi connectivity index (χ0v) is 16.4. The summed E-state index contributed by atoms with van der Waals surface area (Å²) in [6.45, 7) is 9.31. The number of rotatable bonds is 5. The lowest BCUT2D eigenvalue weighted by molar-refractivity contribution is 0.250. The first kappa shape index (κ1) is 19.1. The van der Waals surface area contributed by atoms with Crippen molar-refractivity contribution in [1.29, 1.82) is 0 Å². The molecule has 5 nitrogen and oxygen atoms in total. The highest BCUT2D eigenvalue weighted by molar-refractivity contribution is 7.89. The third kappa shape index (κ3) is 4.63. The average molecular weight is 368 g/mol. The topological polar surface area (TPSA) is 76.3 Å². The molecule has 0 aliphatic heterocycles. The summed E-state index contributed by atoms with van der Waals surface area (Å²) in [6.07, 6.45) is 0. The van der Waals surface area contributed by atoms with E-state index in [1.807, 2.05) is 19.2 Å². The first-order chi connectivity index (χ1) is 11.0. The molecule has 0 radical (unpaired) electrons. The van der Waals surface area contributed by atoms with E-state index >= 15 is 0 Å². The molecule has 0 aliphatic carbocycles. The normalized spacial score (nSPS) is 14.1. The summed E-state index contributed by atoms with van der Waals surface area (Å²) in [6, 6.07) is 6.86. The van der Waals surface area contributed by atoms with Gasteiger partial charge in [0.15, 0.2) is 0 Å². The Kier molecular flexibility index (Phi) is 5.49. The van der Waals surface area contributed by atoms with Crippen LogP contribution in [0.2, 0.25) is 0 Å². The van der Waals surface area contributed by atoms with Gasteiger partial charge in [-0.3, -0.25) is 4.90 Å². The molecule has 0 saturated carbocycles. The fourth-order valence-corrected chi connectivity index (χ4v) is 3.72. The van der Waals surface area contributed by atoms with Gasteiger partial charge in [-0.05, 0) is 31.7 Å². The van der Waals surface area contributed by atoms with Crippen LogP contribution in [0.15, 0.2) is 34.5 Å². The van der Waals surface area contributed by atoms with Crippen LogP contribution in [-0.2, 0) is 22.0 Å². The second kappa shape index (κ2) is 6.92. The third-order valence-corrected chi connectivity index (χ3v) is 6.20. The van der Waals surface area contributed by atoms with E-state index in [9.17, 15) is 8.42 Å². The maximum absolute atomic E-state index is 11.3. The van der Waals surface area contributed by atoms with E-state index in [0.29, 0.717) is 0 Å². The Morgan fingerprint density at radius 1 is 1.25 bits per heavy atom. The number of benzene rings is 1. The van der Waals surface area contributed by atoms with Crippen molar-refractivity contribution in [2.24, 2.45) is 5.14 Å². The summed E-state index contributed by atoms with van der Waals surface area (Å²) < 4.78 is 22.7. The van der Waals surface area contributed by atoms with E-state index < -0.39 is 10.0 Å². The third-order valence-electron chi connectivity index (χ3n) is 3.96. The fraction of sp³-hybridized carbons (Fsp3) is 0.471. The van der Waals surface area contributed by atoms with E-state index in [1.54, 1.807) is 23.5 Å². The summed E-state index contributed by atoms with van der Waals surface area (Å²) >= 11 is 1.69. The Morgan fingerprint density at radius 3 is 2.29 bits per heavy atom. The number of primary sulfonamides is 1. The average Bonchev–Trinajstić information content (AvgIpc) is 2.94. The molecular weight excluding hydrogens is 342 g/mol. The second-order valence-corrected chi connectivity index (χ2v) is 9.52. The van der Waals surface area contributed by atoms with Crippen molar-refractivity contribution >= 4 is 21.4 Å². The van der Waals surface area contributed by atoms with Crippen LogP contribution in [0.1, 0.15) is 50.0 Å². The van der Waals surface area contributed by atoms with Gasteiger partial charge in [-0.1, -0.05) is 32.9 Å². The maximum Gasteiger partial charge on any atom is 0.238 e. The Balaban J connectivity index is 2.09. The molecule has 0 saturated heterocycles. The SMILES string of the molecule is CC(c1ccc(S(N)(=O)=O)cc1)N(C)Cc1csc(C(C)(C)C)n1. The Bertz CT molecular complexity index is 790. The van der Waals surface area contributed by atoms with Crippen LogP contribution >= 0.6 is 11.3 Å². The molecule has 132 valence electrons. The minimum atomic E-state index is -3.65. The van der Waals surface area contributed by atoms with E-state index in [4.69, 9.17) is 10.1 Å². The fourth-order valence-electron chi connectivity index (χ4n) is 2.31. The Labute approximate surface area is 148 Å². The van der Waals surface area contributed by atoms with Gasteiger partial charge in [0.2, 0.25) is 10.0 Å². The lowest BCUT2D eigenvalue weighted by Gasteiger charge is -2.24. The molecule has 0 fully saturated rings. The molecule has 0 aliphatic rings. The minimum Gasteiger partial charge on any atom is -0.294 e. The molecule has 0 amide bonds. The molecule has 1 unspecified atom stereocenters. The van der Waals surface area contributed by atoms with Gasteiger partial charge in [-0.15, -0.1) is 11.3 Å². The van der Waals surface area contributed by atoms with Gasteiger partial charge < -0.3 is 0 Å². The van der Waals surface area contributed by atoms with Crippen molar-refractivity contribution in [2.75, 3.05) is 7.05 Å². The maximum atomic E-state index is 11.3. The number of sulfonamides is 1. The van der Waals surface area contributed by atoms with Gasteiger partial charge in [0, 0.05) is 23.4 Å². The van der Waals surface area contributed by atoms with E-state index in [2.05, 4.69) is 38.0 Å². The zero-order valence-electron chi connectivity index (χ0n) is 14.8. The standard InChI is InChI=1S/C17H25N3O2S2/c1-12(13-6-8-15(9-7-13)24(18,21)22)20(5)10-14-11-23-16(19-14)17(2,3)4/h6-9,11-12H,10H2,1-5H3,(H2,18,21,22). The number of hydrogen-bond donors (Lipinski definition) is 1. The number of nitrogens with zero attached hydrogens (tertiary/aromatic N) is 2. The number of thiazole rings is 1. The summed E-state index contributed by atoms with van der Waals surface area (Å²) in [4.78, 5) is 7.05. The van der Waals surface area contributed by atoms with Gasteiger partial charge in [0.1, 0.15) is 0 Å². The summed E-state index contributed by atoms with van der Waals surface area (Å²) in [5.74, 6) is 0. The van der Waals surface area contributed by atoms with Crippen molar-refractivity contribution in [1.82, 2.24) is 9.88 Å². The van der Waals surface area contributed by atoms with Gasteiger partial charge in [0.05, 0.1) is 15.6 Å². The monoisotopic (exact) mass is 367 g/mol. The largest absolute Gasteiger partial charge is 0.294 e. The van der Waals surface area contributed by atoms with Crippen molar-refractivity contribution in [3.05, 3.63) is 45.9 Å². The summed E-state index contributed by atoms with van der Waals surface area (Å²) in [7, 11) is -1.61.